The molecule has 1 aromatic carbocycles. The minimum Gasteiger partial charge on any atom is -0.466 e. The number of hydrogen-bond donors (Lipinski definition) is 2. The van der Waals surface area contributed by atoms with E-state index in [1.807, 2.05) is 12.3 Å². The Kier molecular flexibility index (Phi) is 5.94. The van der Waals surface area contributed by atoms with Crippen LogP contribution in [0.25, 0.3) is 0 Å². The van der Waals surface area contributed by atoms with Crippen molar-refractivity contribution in [1.82, 2.24) is 20.5 Å². The zero-order valence-electron chi connectivity index (χ0n) is 16.9. The molecule has 1 atom stereocenters. The van der Waals surface area contributed by atoms with E-state index in [0.29, 0.717) is 23.5 Å². The van der Waals surface area contributed by atoms with E-state index in [9.17, 15) is 9.18 Å². The van der Waals surface area contributed by atoms with Gasteiger partial charge in [-0.2, -0.15) is 0 Å². The molecule has 1 unspecified atom stereocenters. The van der Waals surface area contributed by atoms with E-state index in [0.717, 1.165) is 36.9 Å². The van der Waals surface area contributed by atoms with E-state index in [1.165, 1.54) is 30.6 Å². The highest BCUT2D eigenvalue weighted by Gasteiger charge is 2.42. The molecule has 30 heavy (non-hydrogen) atoms. The number of nitrogens with one attached hydrogen (secondary N) is 2. The van der Waals surface area contributed by atoms with Crippen LogP contribution in [0.1, 0.15) is 17.5 Å². The average molecular weight is 430 g/mol. The first-order valence-electron chi connectivity index (χ1n) is 9.79. The number of methoxy groups -OCH3 is 1. The van der Waals surface area contributed by atoms with Crippen molar-refractivity contribution in [2.75, 3.05) is 39.8 Å². The Morgan fingerprint density at radius 3 is 2.67 bits per heavy atom. The van der Waals surface area contributed by atoms with Crippen molar-refractivity contribution in [2.24, 2.45) is 4.99 Å². The van der Waals surface area contributed by atoms with Gasteiger partial charge in [-0.1, -0.05) is 12.1 Å². The lowest BCUT2D eigenvalue weighted by Gasteiger charge is -2.37. The second-order valence-electron chi connectivity index (χ2n) is 7.37. The molecule has 1 fully saturated rings. The normalized spacial score (nSPS) is 22.4. The molecule has 9 heteroatoms. The molecule has 2 aliphatic rings. The molecule has 0 bridgehead atoms. The number of aromatic nitrogens is 1. The Morgan fingerprint density at radius 1 is 1.30 bits per heavy atom. The summed E-state index contributed by atoms with van der Waals surface area (Å²) in [5, 5.41) is 9.29. The van der Waals surface area contributed by atoms with Gasteiger partial charge in [0.25, 0.3) is 0 Å². The summed E-state index contributed by atoms with van der Waals surface area (Å²) < 4.78 is 18.8. The predicted molar refractivity (Wildman–Crippen MR) is 114 cm³/mol. The molecule has 0 saturated carbocycles. The van der Waals surface area contributed by atoms with Crippen molar-refractivity contribution in [3.8, 4) is 0 Å². The van der Waals surface area contributed by atoms with Crippen LogP contribution in [0.3, 0.4) is 0 Å². The van der Waals surface area contributed by atoms with E-state index >= 15 is 0 Å². The van der Waals surface area contributed by atoms with E-state index < -0.39 is 11.5 Å². The van der Waals surface area contributed by atoms with Crippen molar-refractivity contribution in [3.63, 3.8) is 0 Å². The number of nitrogens with zero attached hydrogens (tertiary/aromatic N) is 3. The van der Waals surface area contributed by atoms with Crippen LogP contribution in [0.4, 0.5) is 4.39 Å². The van der Waals surface area contributed by atoms with Crippen molar-refractivity contribution in [2.45, 2.75) is 12.5 Å². The number of halogens is 1. The summed E-state index contributed by atoms with van der Waals surface area (Å²) in [5.74, 6) is -0.207. The highest BCUT2D eigenvalue weighted by molar-refractivity contribution is 7.11. The molecule has 4 rings (SSSR count). The maximum atomic E-state index is 13.6. The van der Waals surface area contributed by atoms with Crippen LogP contribution >= 0.6 is 11.3 Å². The smallest absolute Gasteiger partial charge is 0.338 e. The Bertz CT molecular complexity index is 968. The Hall–Kier alpha value is -2.62. The Labute approximate surface area is 178 Å². The lowest BCUT2D eigenvalue weighted by atomic mass is 9.82. The topological polar surface area (TPSA) is 78.9 Å². The molecule has 1 aromatic heterocycles. The average Bonchev–Trinajstić information content (AvgIpc) is 3.29. The number of amidine groups is 1. The van der Waals surface area contributed by atoms with Gasteiger partial charge < -0.3 is 15.4 Å². The number of piperazine rings is 1. The number of aliphatic imine (C=N–C) groups is 1. The van der Waals surface area contributed by atoms with Gasteiger partial charge in [-0.3, -0.25) is 4.90 Å². The minimum atomic E-state index is -1.05. The highest BCUT2D eigenvalue weighted by Crippen LogP contribution is 2.39. The van der Waals surface area contributed by atoms with Gasteiger partial charge >= 0.3 is 5.97 Å². The summed E-state index contributed by atoms with van der Waals surface area (Å²) >= 11 is 1.46. The molecule has 158 valence electrons. The first-order chi connectivity index (χ1) is 14.5. The van der Waals surface area contributed by atoms with Crippen LogP contribution in [0.2, 0.25) is 0 Å². The fourth-order valence-electron chi connectivity index (χ4n) is 3.87. The standard InChI is InChI=1S/C21H24FN5O2S/c1-21(14-3-5-15(22)6-4-14)17(20(28)29-2)16(13-27-10-7-23-8-11-27)25-18(26-21)19-24-9-12-30-19/h3-6,9,12,23H,7-8,10-11,13H2,1-2H3,(H,25,26). The van der Waals surface area contributed by atoms with Gasteiger partial charge in [0.1, 0.15) is 11.4 Å². The molecule has 0 radical (unpaired) electrons. The van der Waals surface area contributed by atoms with Gasteiger partial charge in [0.15, 0.2) is 10.8 Å². The molecular formula is C21H24FN5O2S. The maximum absolute atomic E-state index is 13.6. The molecule has 1 saturated heterocycles. The lowest BCUT2D eigenvalue weighted by molar-refractivity contribution is -0.137. The van der Waals surface area contributed by atoms with Gasteiger partial charge in [0.05, 0.1) is 12.7 Å². The van der Waals surface area contributed by atoms with Gasteiger partial charge in [-0.05, 0) is 24.6 Å². The number of ether oxygens (including phenoxy) is 1. The summed E-state index contributed by atoms with van der Waals surface area (Å²) in [7, 11) is 1.36. The number of hydrogen-bond acceptors (Lipinski definition) is 8. The Morgan fingerprint density at radius 2 is 2.03 bits per heavy atom. The maximum Gasteiger partial charge on any atom is 0.338 e. The van der Waals surface area contributed by atoms with Crippen LogP contribution in [-0.2, 0) is 15.1 Å². The number of rotatable bonds is 5. The molecule has 7 nitrogen and oxygen atoms in total. The number of thiazole rings is 1. The molecule has 2 aromatic rings. The van der Waals surface area contributed by atoms with Gasteiger partial charge in [-0.15, -0.1) is 11.3 Å². The van der Waals surface area contributed by atoms with E-state index in [2.05, 4.69) is 20.5 Å². The quantitative estimate of drug-likeness (QED) is 0.707. The molecule has 3 heterocycles. The van der Waals surface area contributed by atoms with Crippen LogP contribution < -0.4 is 10.6 Å². The van der Waals surface area contributed by atoms with Crippen molar-refractivity contribution in [1.29, 1.82) is 0 Å². The summed E-state index contributed by atoms with van der Waals surface area (Å²) in [4.78, 5) is 24.5. The zero-order valence-corrected chi connectivity index (χ0v) is 17.8. The van der Waals surface area contributed by atoms with Gasteiger partial charge in [0.2, 0.25) is 0 Å². The third-order valence-electron chi connectivity index (χ3n) is 5.42. The first kappa shape index (κ1) is 20.6. The number of benzene rings is 1. The van der Waals surface area contributed by atoms with Crippen LogP contribution in [0, 0.1) is 5.82 Å². The molecule has 0 aliphatic carbocycles. The second-order valence-corrected chi connectivity index (χ2v) is 8.27. The fraction of sp³-hybridized carbons (Fsp3) is 0.381. The summed E-state index contributed by atoms with van der Waals surface area (Å²) in [5.41, 5.74) is 0.819. The van der Waals surface area contributed by atoms with Crippen molar-refractivity contribution < 1.29 is 13.9 Å². The monoisotopic (exact) mass is 429 g/mol. The van der Waals surface area contributed by atoms with Gasteiger partial charge in [0, 0.05) is 50.0 Å². The molecule has 2 aliphatic heterocycles. The SMILES string of the molecule is COC(=O)C1=C(CN2CCNCC2)NC(c2nccs2)=NC1(C)c1ccc(F)cc1. The van der Waals surface area contributed by atoms with E-state index in [-0.39, 0.29) is 5.82 Å². The number of carbonyl (C=O) groups excluding carboxylic acids is 1. The number of esters is 1. The Balaban J connectivity index is 1.84. The molecule has 2 N–H and O–H groups in total. The van der Waals surface area contributed by atoms with E-state index in [4.69, 9.17) is 9.73 Å². The third kappa shape index (κ3) is 4.00. The minimum absolute atomic E-state index is 0.343. The largest absolute Gasteiger partial charge is 0.466 e. The summed E-state index contributed by atoms with van der Waals surface area (Å²) in [6.45, 7) is 5.94. The summed E-state index contributed by atoms with van der Waals surface area (Å²) in [6.07, 6.45) is 1.72. The number of carbonyl (C=O) groups is 1. The third-order valence-corrected chi connectivity index (χ3v) is 6.20. The molecule has 0 amide bonds. The van der Waals surface area contributed by atoms with E-state index in [1.54, 1.807) is 18.3 Å². The fourth-order valence-corrected chi connectivity index (χ4v) is 4.45. The van der Waals surface area contributed by atoms with Crippen LogP contribution in [-0.4, -0.2) is 61.5 Å². The van der Waals surface area contributed by atoms with Crippen molar-refractivity contribution >= 4 is 23.1 Å². The molecule has 0 spiro atoms. The first-order valence-corrected chi connectivity index (χ1v) is 10.7. The predicted octanol–water partition coefficient (Wildman–Crippen LogP) is 1.88. The van der Waals surface area contributed by atoms with Crippen LogP contribution in [0.5, 0.6) is 0 Å². The molecular weight excluding hydrogens is 405 g/mol. The van der Waals surface area contributed by atoms with Gasteiger partial charge in [-0.25, -0.2) is 19.2 Å². The van der Waals surface area contributed by atoms with Crippen molar-refractivity contribution in [3.05, 3.63) is 63.5 Å². The highest BCUT2D eigenvalue weighted by atomic mass is 32.1. The summed E-state index contributed by atoms with van der Waals surface area (Å²) in [6, 6.07) is 6.09. The van der Waals surface area contributed by atoms with Crippen LogP contribution in [0.15, 0.2) is 52.1 Å². The lowest BCUT2D eigenvalue weighted by Crippen LogP contribution is -2.49. The zero-order chi connectivity index (χ0) is 21.1. The second kappa shape index (κ2) is 8.63.